The topological polar surface area (TPSA) is 66.5 Å². The fourth-order valence-corrected chi connectivity index (χ4v) is 3.04. The molecule has 0 aromatic heterocycles. The summed E-state index contributed by atoms with van der Waals surface area (Å²) in [6, 6.07) is 12.3. The van der Waals surface area contributed by atoms with Crippen LogP contribution in [0, 0.1) is 12.7 Å². The van der Waals surface area contributed by atoms with Gasteiger partial charge in [-0.05, 0) is 36.8 Å². The molecule has 0 spiro atoms. The number of amides is 1. The van der Waals surface area contributed by atoms with Crippen molar-refractivity contribution in [2.75, 3.05) is 22.4 Å². The molecule has 0 unspecified atom stereocenters. The molecule has 0 atom stereocenters. The average molecular weight is 336 g/mol. The van der Waals surface area contributed by atoms with Gasteiger partial charge in [0.1, 0.15) is 12.4 Å². The number of carbonyl (C=O) groups excluding carboxylic acids is 1. The van der Waals surface area contributed by atoms with Crippen LogP contribution in [0.5, 0.6) is 0 Å². The molecule has 2 rings (SSSR count). The van der Waals surface area contributed by atoms with Crippen molar-refractivity contribution in [2.45, 2.75) is 6.92 Å². The number of halogens is 1. The zero-order valence-corrected chi connectivity index (χ0v) is 13.6. The summed E-state index contributed by atoms with van der Waals surface area (Å²) in [5.41, 5.74) is 1.44. The van der Waals surface area contributed by atoms with Crippen LogP contribution >= 0.6 is 0 Å². The lowest BCUT2D eigenvalue weighted by Gasteiger charge is -2.23. The van der Waals surface area contributed by atoms with Crippen molar-refractivity contribution in [3.63, 3.8) is 0 Å². The van der Waals surface area contributed by atoms with Gasteiger partial charge in [0.25, 0.3) is 0 Å². The summed E-state index contributed by atoms with van der Waals surface area (Å²) in [7, 11) is -3.64. The van der Waals surface area contributed by atoms with Crippen LogP contribution in [0.4, 0.5) is 15.8 Å². The molecule has 5 nitrogen and oxygen atoms in total. The Morgan fingerprint density at radius 2 is 1.87 bits per heavy atom. The average Bonchev–Trinajstić information content (AvgIpc) is 2.44. The Hall–Kier alpha value is -2.41. The van der Waals surface area contributed by atoms with Gasteiger partial charge in [-0.2, -0.15) is 0 Å². The van der Waals surface area contributed by atoms with Crippen molar-refractivity contribution in [1.29, 1.82) is 0 Å². The summed E-state index contributed by atoms with van der Waals surface area (Å²) >= 11 is 0. The van der Waals surface area contributed by atoms with Gasteiger partial charge in [-0.25, -0.2) is 12.8 Å². The summed E-state index contributed by atoms with van der Waals surface area (Å²) < 4.78 is 38.2. The highest BCUT2D eigenvalue weighted by atomic mass is 32.2. The predicted octanol–water partition coefficient (Wildman–Crippen LogP) is 2.54. The van der Waals surface area contributed by atoms with Crippen molar-refractivity contribution in [1.82, 2.24) is 0 Å². The first-order valence-electron chi connectivity index (χ1n) is 6.86. The van der Waals surface area contributed by atoms with E-state index >= 15 is 0 Å². The molecule has 1 amide bonds. The third-order valence-electron chi connectivity index (χ3n) is 3.18. The lowest BCUT2D eigenvalue weighted by atomic mass is 10.2. The zero-order chi connectivity index (χ0) is 17.0. The van der Waals surface area contributed by atoms with E-state index < -0.39 is 21.7 Å². The molecular weight excluding hydrogens is 319 g/mol. The molecule has 7 heteroatoms. The van der Waals surface area contributed by atoms with Crippen LogP contribution in [0.15, 0.2) is 48.5 Å². The van der Waals surface area contributed by atoms with E-state index in [2.05, 4.69) is 5.32 Å². The van der Waals surface area contributed by atoms with Gasteiger partial charge in [-0.1, -0.05) is 24.3 Å². The van der Waals surface area contributed by atoms with Gasteiger partial charge < -0.3 is 5.32 Å². The van der Waals surface area contributed by atoms with Crippen molar-refractivity contribution in [3.8, 4) is 0 Å². The third-order valence-corrected chi connectivity index (χ3v) is 4.31. The number of aryl methyl sites for hydroxylation is 1. The van der Waals surface area contributed by atoms with Gasteiger partial charge in [0.2, 0.25) is 15.9 Å². The van der Waals surface area contributed by atoms with Crippen LogP contribution in [-0.2, 0) is 14.8 Å². The largest absolute Gasteiger partial charge is 0.324 e. The standard InChI is InChI=1S/C16H17FN2O3S/c1-12-6-3-4-9-15(12)19(23(2,21)22)11-16(20)18-14-8-5-7-13(17)10-14/h3-10H,11H2,1-2H3,(H,18,20). The first-order valence-corrected chi connectivity index (χ1v) is 8.71. The normalized spacial score (nSPS) is 11.1. The van der Waals surface area contributed by atoms with Gasteiger partial charge in [0, 0.05) is 5.69 Å². The highest BCUT2D eigenvalue weighted by Crippen LogP contribution is 2.22. The first kappa shape index (κ1) is 17.0. The van der Waals surface area contributed by atoms with E-state index in [-0.39, 0.29) is 12.2 Å². The van der Waals surface area contributed by atoms with Crippen molar-refractivity contribution >= 4 is 27.3 Å². The number of nitrogens with zero attached hydrogens (tertiary/aromatic N) is 1. The SMILES string of the molecule is Cc1ccccc1N(CC(=O)Nc1cccc(F)c1)S(C)(=O)=O. The Labute approximate surface area is 134 Å². The molecular formula is C16H17FN2O3S. The number of nitrogens with one attached hydrogen (secondary N) is 1. The Balaban J connectivity index is 2.22. The maximum Gasteiger partial charge on any atom is 0.245 e. The number of rotatable bonds is 5. The van der Waals surface area contributed by atoms with E-state index in [4.69, 9.17) is 0 Å². The van der Waals surface area contributed by atoms with Gasteiger partial charge >= 0.3 is 0 Å². The number of hydrogen-bond donors (Lipinski definition) is 1. The Morgan fingerprint density at radius 1 is 1.17 bits per heavy atom. The second kappa shape index (κ2) is 6.78. The molecule has 0 aliphatic carbocycles. The molecule has 23 heavy (non-hydrogen) atoms. The van der Waals surface area contributed by atoms with Crippen molar-refractivity contribution < 1.29 is 17.6 Å². The molecule has 0 aliphatic rings. The fraction of sp³-hybridized carbons (Fsp3) is 0.188. The van der Waals surface area contributed by atoms with E-state index in [1.165, 1.54) is 18.2 Å². The highest BCUT2D eigenvalue weighted by Gasteiger charge is 2.22. The van der Waals surface area contributed by atoms with E-state index in [0.29, 0.717) is 5.69 Å². The molecule has 0 saturated heterocycles. The van der Waals surface area contributed by atoms with Crippen LogP contribution in [-0.4, -0.2) is 27.1 Å². The lowest BCUT2D eigenvalue weighted by Crippen LogP contribution is -2.37. The molecule has 122 valence electrons. The first-order chi connectivity index (χ1) is 10.8. The van der Waals surface area contributed by atoms with Gasteiger partial charge in [0.05, 0.1) is 11.9 Å². The Bertz CT molecular complexity index is 822. The Kier molecular flexibility index (Phi) is 5.00. The monoisotopic (exact) mass is 336 g/mol. The summed E-state index contributed by atoms with van der Waals surface area (Å²) in [6.45, 7) is 1.37. The van der Waals surface area contributed by atoms with E-state index in [1.54, 1.807) is 31.2 Å². The number of para-hydroxylation sites is 1. The number of anilines is 2. The highest BCUT2D eigenvalue weighted by molar-refractivity contribution is 7.92. The summed E-state index contributed by atoms with van der Waals surface area (Å²) in [6.07, 6.45) is 1.04. The minimum absolute atomic E-state index is 0.272. The minimum atomic E-state index is -3.64. The minimum Gasteiger partial charge on any atom is -0.324 e. The smallest absolute Gasteiger partial charge is 0.245 e. The molecule has 0 heterocycles. The number of sulfonamides is 1. The molecule has 0 aliphatic heterocycles. The molecule has 0 fully saturated rings. The van der Waals surface area contributed by atoms with Gasteiger partial charge in [-0.15, -0.1) is 0 Å². The van der Waals surface area contributed by atoms with E-state index in [1.807, 2.05) is 0 Å². The number of carbonyl (C=O) groups is 1. The maximum atomic E-state index is 13.1. The molecule has 1 N–H and O–H groups in total. The van der Waals surface area contributed by atoms with E-state index in [0.717, 1.165) is 22.2 Å². The maximum absolute atomic E-state index is 13.1. The molecule has 0 radical (unpaired) electrons. The quantitative estimate of drug-likeness (QED) is 0.912. The molecule has 2 aromatic rings. The van der Waals surface area contributed by atoms with Crippen LogP contribution in [0.3, 0.4) is 0 Å². The lowest BCUT2D eigenvalue weighted by molar-refractivity contribution is -0.114. The van der Waals surface area contributed by atoms with Crippen molar-refractivity contribution in [3.05, 3.63) is 59.9 Å². The van der Waals surface area contributed by atoms with Gasteiger partial charge in [0.15, 0.2) is 0 Å². The predicted molar refractivity (Wildman–Crippen MR) is 88.4 cm³/mol. The van der Waals surface area contributed by atoms with Crippen molar-refractivity contribution in [2.24, 2.45) is 0 Å². The number of benzene rings is 2. The van der Waals surface area contributed by atoms with Crippen LogP contribution in [0.25, 0.3) is 0 Å². The Morgan fingerprint density at radius 3 is 2.48 bits per heavy atom. The number of hydrogen-bond acceptors (Lipinski definition) is 3. The second-order valence-corrected chi connectivity index (χ2v) is 7.02. The van der Waals surface area contributed by atoms with Gasteiger partial charge in [-0.3, -0.25) is 9.10 Å². The second-order valence-electron chi connectivity index (χ2n) is 5.11. The fourth-order valence-electron chi connectivity index (χ4n) is 2.12. The zero-order valence-electron chi connectivity index (χ0n) is 12.8. The van der Waals surface area contributed by atoms with Crippen LogP contribution in [0.1, 0.15) is 5.56 Å². The third kappa shape index (κ3) is 4.53. The van der Waals surface area contributed by atoms with E-state index in [9.17, 15) is 17.6 Å². The molecule has 0 saturated carbocycles. The summed E-state index contributed by atoms with van der Waals surface area (Å²) in [5.74, 6) is -1.04. The van der Waals surface area contributed by atoms with Crippen LogP contribution < -0.4 is 9.62 Å². The van der Waals surface area contributed by atoms with Crippen LogP contribution in [0.2, 0.25) is 0 Å². The molecule has 0 bridgehead atoms. The summed E-state index contributed by atoms with van der Waals surface area (Å²) in [5, 5.41) is 2.49. The molecule has 2 aromatic carbocycles. The summed E-state index contributed by atoms with van der Waals surface area (Å²) in [4.78, 5) is 12.1.